The van der Waals surface area contributed by atoms with Crippen molar-refractivity contribution in [2.24, 2.45) is 11.8 Å². The van der Waals surface area contributed by atoms with Crippen LogP contribution in [0.3, 0.4) is 0 Å². The number of allylic oxidation sites excluding steroid dienone is 1. The van der Waals surface area contributed by atoms with Crippen LogP contribution in [0.4, 0.5) is 4.39 Å². The van der Waals surface area contributed by atoms with E-state index in [0.29, 0.717) is 24.0 Å². The second kappa shape index (κ2) is 9.68. The summed E-state index contributed by atoms with van der Waals surface area (Å²) in [5.41, 5.74) is 1.48. The molecule has 1 saturated heterocycles. The third-order valence-corrected chi connectivity index (χ3v) is 6.95. The van der Waals surface area contributed by atoms with E-state index in [-0.39, 0.29) is 12.7 Å². The molecule has 1 saturated carbocycles. The summed E-state index contributed by atoms with van der Waals surface area (Å²) in [6.45, 7) is -0.650. The van der Waals surface area contributed by atoms with Crippen molar-refractivity contribution in [3.63, 3.8) is 0 Å². The first-order valence-corrected chi connectivity index (χ1v) is 10.7. The Bertz CT molecular complexity index is 502. The molecule has 7 atom stereocenters. The lowest BCUT2D eigenvalue weighted by Crippen LogP contribution is -2.55. The van der Waals surface area contributed by atoms with Crippen molar-refractivity contribution in [3.05, 3.63) is 11.8 Å². The molecule has 27 heavy (non-hydrogen) atoms. The zero-order valence-electron chi connectivity index (χ0n) is 17.2. The highest BCUT2D eigenvalue weighted by molar-refractivity contribution is 5.11. The molecule has 1 aliphatic heterocycles. The van der Waals surface area contributed by atoms with Gasteiger partial charge in [-0.3, -0.25) is 0 Å². The Morgan fingerprint density at radius 1 is 1.26 bits per heavy atom. The van der Waals surface area contributed by atoms with Gasteiger partial charge in [0.05, 0.1) is 12.7 Å². The van der Waals surface area contributed by atoms with E-state index in [9.17, 15) is 9.50 Å². The van der Waals surface area contributed by atoms with Crippen molar-refractivity contribution < 1.29 is 14.2 Å². The average Bonchev–Trinajstić information content (AvgIpc) is 2.70. The topological polar surface area (TPSA) is 56.8 Å². The fraction of sp³-hybridized carbons (Fsp3) is 0.905. The molecule has 3 aliphatic rings. The number of ether oxygens (including phenoxy) is 1. The van der Waals surface area contributed by atoms with Crippen LogP contribution in [0.2, 0.25) is 0 Å². The van der Waals surface area contributed by atoms with Crippen molar-refractivity contribution in [1.82, 2.24) is 15.5 Å². The van der Waals surface area contributed by atoms with Gasteiger partial charge in [-0.1, -0.05) is 6.08 Å². The molecule has 0 spiro atoms. The second-order valence-electron chi connectivity index (χ2n) is 8.90. The van der Waals surface area contributed by atoms with E-state index in [0.717, 1.165) is 25.2 Å². The van der Waals surface area contributed by atoms with Crippen LogP contribution in [0.25, 0.3) is 0 Å². The van der Waals surface area contributed by atoms with E-state index < -0.39 is 12.8 Å². The molecule has 5 nitrogen and oxygen atoms in total. The molecule has 0 aromatic carbocycles. The summed E-state index contributed by atoms with van der Waals surface area (Å²) < 4.78 is 18.5. The Labute approximate surface area is 163 Å². The van der Waals surface area contributed by atoms with Crippen LogP contribution in [0.1, 0.15) is 44.9 Å². The molecule has 3 rings (SSSR count). The molecule has 0 aromatic rings. The number of hydrogen-bond donors (Lipinski definition) is 3. The number of aliphatic hydroxyl groups excluding tert-OH is 1. The summed E-state index contributed by atoms with van der Waals surface area (Å²) in [6.07, 6.45) is 9.57. The number of rotatable bonds is 7. The number of likely N-dealkylation sites (N-methyl/N-ethyl adjacent to an activating group) is 1. The maximum absolute atomic E-state index is 12.6. The van der Waals surface area contributed by atoms with E-state index in [1.54, 1.807) is 0 Å². The lowest BCUT2D eigenvalue weighted by molar-refractivity contribution is -0.0565. The molecule has 1 heterocycles. The van der Waals surface area contributed by atoms with E-state index >= 15 is 0 Å². The Balaban J connectivity index is 1.55. The van der Waals surface area contributed by atoms with Gasteiger partial charge in [0.25, 0.3) is 0 Å². The molecule has 6 unspecified atom stereocenters. The largest absolute Gasteiger partial charge is 0.388 e. The van der Waals surface area contributed by atoms with Crippen LogP contribution in [0.5, 0.6) is 0 Å². The summed E-state index contributed by atoms with van der Waals surface area (Å²) in [4.78, 5) is 2.26. The molecule has 6 heteroatoms. The number of aliphatic hydroxyl groups is 1. The number of halogens is 1. The minimum absolute atomic E-state index is 0.0565. The monoisotopic (exact) mass is 383 g/mol. The number of hydrogen-bond acceptors (Lipinski definition) is 5. The summed E-state index contributed by atoms with van der Waals surface area (Å²) in [5.74, 6) is 1.35. The molecule has 2 aliphatic carbocycles. The predicted molar refractivity (Wildman–Crippen MR) is 106 cm³/mol. The summed E-state index contributed by atoms with van der Waals surface area (Å²) in [6, 6.07) is 1.45. The highest BCUT2D eigenvalue weighted by atomic mass is 19.1. The number of nitrogens with zero attached hydrogens (tertiary/aromatic N) is 1. The van der Waals surface area contributed by atoms with Crippen LogP contribution in [0.15, 0.2) is 11.8 Å². The zero-order chi connectivity index (χ0) is 19.4. The van der Waals surface area contributed by atoms with Gasteiger partial charge in [-0.25, -0.2) is 4.39 Å². The van der Waals surface area contributed by atoms with E-state index in [2.05, 4.69) is 35.7 Å². The second-order valence-corrected chi connectivity index (χ2v) is 8.90. The Kier molecular flexibility index (Phi) is 7.54. The van der Waals surface area contributed by atoms with Gasteiger partial charge >= 0.3 is 0 Å². The van der Waals surface area contributed by atoms with Gasteiger partial charge in [0.15, 0.2) is 0 Å². The third kappa shape index (κ3) is 5.22. The SMILES string of the molecule is CNC1CCC(C2CC[C@@H]3CC(N(C)C)=CCC3N2)CC1OCC(O)CF. The van der Waals surface area contributed by atoms with Crippen molar-refractivity contribution >= 4 is 0 Å². The van der Waals surface area contributed by atoms with Gasteiger partial charge < -0.3 is 25.4 Å². The molecule has 0 radical (unpaired) electrons. The van der Waals surface area contributed by atoms with E-state index in [1.807, 2.05) is 7.05 Å². The first-order chi connectivity index (χ1) is 13.0. The fourth-order valence-corrected chi connectivity index (χ4v) is 5.27. The number of alkyl halides is 1. The smallest absolute Gasteiger partial charge is 0.118 e. The van der Waals surface area contributed by atoms with E-state index in [1.165, 1.54) is 31.4 Å². The van der Waals surface area contributed by atoms with Crippen LogP contribution < -0.4 is 10.6 Å². The number of fused-ring (bicyclic) bond motifs is 1. The van der Waals surface area contributed by atoms with Crippen molar-refractivity contribution in [3.8, 4) is 0 Å². The van der Waals surface area contributed by atoms with Gasteiger partial charge in [0.1, 0.15) is 12.8 Å². The van der Waals surface area contributed by atoms with E-state index in [4.69, 9.17) is 4.74 Å². The summed E-state index contributed by atoms with van der Waals surface area (Å²) >= 11 is 0. The molecule has 0 aromatic heterocycles. The van der Waals surface area contributed by atoms with Gasteiger partial charge in [-0.15, -0.1) is 0 Å². The predicted octanol–water partition coefficient (Wildman–Crippen LogP) is 2.07. The minimum atomic E-state index is -1.00. The van der Waals surface area contributed by atoms with Crippen molar-refractivity contribution in [1.29, 1.82) is 0 Å². The molecule has 3 N–H and O–H groups in total. The first-order valence-electron chi connectivity index (χ1n) is 10.7. The van der Waals surface area contributed by atoms with Crippen molar-refractivity contribution in [2.45, 2.75) is 75.3 Å². The Morgan fingerprint density at radius 2 is 2.04 bits per heavy atom. The maximum Gasteiger partial charge on any atom is 0.118 e. The maximum atomic E-state index is 12.6. The van der Waals surface area contributed by atoms with Gasteiger partial charge in [-0.05, 0) is 63.8 Å². The van der Waals surface area contributed by atoms with Crippen LogP contribution in [0, 0.1) is 11.8 Å². The first kappa shape index (κ1) is 21.0. The highest BCUT2D eigenvalue weighted by Gasteiger charge is 2.39. The fourth-order valence-electron chi connectivity index (χ4n) is 5.27. The molecular formula is C21H38FN3O2. The Morgan fingerprint density at radius 3 is 2.74 bits per heavy atom. The van der Waals surface area contributed by atoms with Crippen molar-refractivity contribution in [2.75, 3.05) is 34.4 Å². The molecule has 0 amide bonds. The lowest BCUT2D eigenvalue weighted by atomic mass is 9.72. The minimum Gasteiger partial charge on any atom is -0.388 e. The standard InChI is InChI=1S/C21H38FN3O2/c1-23-20-8-5-15(11-21(20)27-13-17(26)12-22)18-7-4-14-10-16(25(2)3)6-9-19(14)24-18/h6,14-15,17-21,23-24,26H,4-5,7-13H2,1-3H3/t14-,15?,17?,18?,19?,20?,21?/m1/s1. The number of piperidine rings is 1. The summed E-state index contributed by atoms with van der Waals surface area (Å²) in [7, 11) is 6.25. The zero-order valence-corrected chi connectivity index (χ0v) is 17.2. The molecular weight excluding hydrogens is 345 g/mol. The van der Waals surface area contributed by atoms with Gasteiger partial charge in [-0.2, -0.15) is 0 Å². The quantitative estimate of drug-likeness (QED) is 0.628. The molecule has 0 bridgehead atoms. The molecule has 2 fully saturated rings. The lowest BCUT2D eigenvalue weighted by Gasteiger charge is -2.46. The summed E-state index contributed by atoms with van der Waals surface area (Å²) in [5, 5.41) is 16.8. The normalized spacial score (nSPS) is 38.0. The van der Waals surface area contributed by atoms with Crippen LogP contribution in [-0.4, -0.2) is 74.8 Å². The highest BCUT2D eigenvalue weighted by Crippen LogP contribution is 2.38. The Hall–Kier alpha value is -0.690. The van der Waals surface area contributed by atoms with Gasteiger partial charge in [0, 0.05) is 37.9 Å². The van der Waals surface area contributed by atoms with Crippen LogP contribution >= 0.6 is 0 Å². The number of nitrogens with one attached hydrogen (secondary N) is 2. The molecule has 156 valence electrons. The third-order valence-electron chi connectivity index (χ3n) is 6.95. The van der Waals surface area contributed by atoms with Gasteiger partial charge in [0.2, 0.25) is 0 Å². The van der Waals surface area contributed by atoms with Crippen LogP contribution in [-0.2, 0) is 4.74 Å². The average molecular weight is 384 g/mol.